The Balaban J connectivity index is 1.58. The summed E-state index contributed by atoms with van der Waals surface area (Å²) in [4.78, 5) is 24.8. The molecule has 0 saturated carbocycles. The number of nitrogens with zero attached hydrogens (tertiary/aromatic N) is 4. The highest BCUT2D eigenvalue weighted by Gasteiger charge is 2.57. The lowest BCUT2D eigenvalue weighted by Gasteiger charge is -2.30. The fourth-order valence-electron chi connectivity index (χ4n) is 4.17. The Morgan fingerprint density at radius 1 is 1.23 bits per heavy atom. The molecule has 1 fully saturated rings. The molecule has 30 heavy (non-hydrogen) atoms. The van der Waals surface area contributed by atoms with Crippen molar-refractivity contribution in [1.82, 2.24) is 19.5 Å². The summed E-state index contributed by atoms with van der Waals surface area (Å²) in [7, 11) is 1.58. The van der Waals surface area contributed by atoms with Crippen LogP contribution in [0.2, 0.25) is 0 Å². The van der Waals surface area contributed by atoms with E-state index in [1.165, 1.54) is 13.3 Å². The van der Waals surface area contributed by atoms with Crippen molar-refractivity contribution >= 4 is 23.0 Å². The first-order valence-corrected chi connectivity index (χ1v) is 9.57. The molecule has 5 rings (SSSR count). The second-order valence-electron chi connectivity index (χ2n) is 7.25. The first-order chi connectivity index (χ1) is 14.6. The maximum atomic E-state index is 11.8. The molecule has 4 heterocycles. The largest absolute Gasteiger partial charge is 0.451 e. The van der Waals surface area contributed by atoms with Crippen molar-refractivity contribution in [2.75, 3.05) is 12.8 Å². The SMILES string of the molecule is COC1C2OC(C1OCc1ccccc1)n1c(nc3c(N)ncnc31)C2OC(C)=O. The van der Waals surface area contributed by atoms with Crippen LogP contribution in [0.4, 0.5) is 5.82 Å². The van der Waals surface area contributed by atoms with Crippen LogP contribution in [0.5, 0.6) is 0 Å². The number of hydrogen-bond acceptors (Lipinski definition) is 9. The Hall–Kier alpha value is -3.08. The Labute approximate surface area is 171 Å². The van der Waals surface area contributed by atoms with Crippen LogP contribution in [-0.4, -0.2) is 50.9 Å². The molecule has 0 radical (unpaired) electrons. The Bertz CT molecular complexity index is 1090. The summed E-state index contributed by atoms with van der Waals surface area (Å²) in [6.07, 6.45) is -1.52. The average molecular weight is 411 g/mol. The molecule has 5 unspecified atom stereocenters. The van der Waals surface area contributed by atoms with Gasteiger partial charge < -0.3 is 24.7 Å². The van der Waals surface area contributed by atoms with Crippen molar-refractivity contribution in [3.63, 3.8) is 0 Å². The molecule has 2 bridgehead atoms. The van der Waals surface area contributed by atoms with Gasteiger partial charge in [0.2, 0.25) is 0 Å². The standard InChI is InChI=1S/C20H21N5O5/c1-10(26)29-15-14-13(27-2)16(28-8-11-6-4-3-5-7-11)20(30-14)25-18-12(24-19(15)25)17(21)22-9-23-18/h3-7,9,13-16,20H,8H2,1-2H3,(H2,21,22,23). The number of rotatable bonds is 5. The van der Waals surface area contributed by atoms with Crippen molar-refractivity contribution < 1.29 is 23.7 Å². The van der Waals surface area contributed by atoms with Gasteiger partial charge in [-0.2, -0.15) is 0 Å². The smallest absolute Gasteiger partial charge is 0.303 e. The summed E-state index contributed by atoms with van der Waals surface area (Å²) < 4.78 is 25.6. The third kappa shape index (κ3) is 2.92. The van der Waals surface area contributed by atoms with E-state index in [-0.39, 0.29) is 5.82 Å². The molecule has 2 aliphatic heterocycles. The van der Waals surface area contributed by atoms with Crippen molar-refractivity contribution in [2.45, 2.75) is 44.2 Å². The summed E-state index contributed by atoms with van der Waals surface area (Å²) in [5, 5.41) is 0. The monoisotopic (exact) mass is 411 g/mol. The molecule has 1 saturated heterocycles. The Morgan fingerprint density at radius 2 is 2.03 bits per heavy atom. The minimum absolute atomic E-state index is 0.240. The topological polar surface area (TPSA) is 124 Å². The van der Waals surface area contributed by atoms with Crippen molar-refractivity contribution in [3.05, 3.63) is 48.0 Å². The predicted molar refractivity (Wildman–Crippen MR) is 104 cm³/mol. The predicted octanol–water partition coefficient (Wildman–Crippen LogP) is 1.52. The lowest BCUT2D eigenvalue weighted by molar-refractivity contribution is -0.169. The fraction of sp³-hybridized carbons (Fsp3) is 0.400. The van der Waals surface area contributed by atoms with E-state index in [1.54, 1.807) is 11.7 Å². The molecule has 0 amide bonds. The zero-order valence-corrected chi connectivity index (χ0v) is 16.5. The second kappa shape index (κ2) is 7.31. The first-order valence-electron chi connectivity index (χ1n) is 9.57. The number of hydrogen-bond donors (Lipinski definition) is 1. The molecule has 5 atom stereocenters. The summed E-state index contributed by atoms with van der Waals surface area (Å²) in [6, 6.07) is 9.82. The van der Waals surface area contributed by atoms with Crippen LogP contribution in [0, 0.1) is 0 Å². The highest BCUT2D eigenvalue weighted by molar-refractivity contribution is 5.82. The molecule has 10 nitrogen and oxygen atoms in total. The maximum Gasteiger partial charge on any atom is 0.303 e. The number of anilines is 1. The van der Waals surface area contributed by atoms with E-state index < -0.39 is 36.6 Å². The van der Waals surface area contributed by atoms with Crippen LogP contribution in [0.3, 0.4) is 0 Å². The van der Waals surface area contributed by atoms with Gasteiger partial charge >= 0.3 is 5.97 Å². The first kappa shape index (κ1) is 18.9. The van der Waals surface area contributed by atoms with Crippen LogP contribution < -0.4 is 5.73 Å². The van der Waals surface area contributed by atoms with Gasteiger partial charge in [0.25, 0.3) is 0 Å². The maximum absolute atomic E-state index is 11.8. The van der Waals surface area contributed by atoms with Crippen LogP contribution in [0.25, 0.3) is 11.2 Å². The number of methoxy groups -OCH3 is 1. The fourth-order valence-corrected chi connectivity index (χ4v) is 4.17. The average Bonchev–Trinajstić information content (AvgIpc) is 3.28. The van der Waals surface area contributed by atoms with E-state index in [9.17, 15) is 4.79 Å². The molecular formula is C20H21N5O5. The number of imidazole rings is 1. The molecular weight excluding hydrogens is 390 g/mol. The molecule has 156 valence electrons. The molecule has 3 aromatic rings. The van der Waals surface area contributed by atoms with E-state index in [0.29, 0.717) is 23.6 Å². The minimum atomic E-state index is -0.789. The van der Waals surface area contributed by atoms with E-state index in [4.69, 9.17) is 24.7 Å². The van der Waals surface area contributed by atoms with E-state index in [2.05, 4.69) is 15.0 Å². The van der Waals surface area contributed by atoms with Crippen LogP contribution in [0.15, 0.2) is 36.7 Å². The number of aromatic nitrogens is 4. The zero-order valence-electron chi connectivity index (χ0n) is 16.5. The molecule has 10 heteroatoms. The lowest BCUT2D eigenvalue weighted by atomic mass is 10.1. The number of esters is 1. The van der Waals surface area contributed by atoms with E-state index in [0.717, 1.165) is 5.56 Å². The van der Waals surface area contributed by atoms with Crippen molar-refractivity contribution in [2.24, 2.45) is 0 Å². The molecule has 1 aromatic carbocycles. The van der Waals surface area contributed by atoms with Gasteiger partial charge in [0.05, 0.1) is 6.61 Å². The zero-order chi connectivity index (χ0) is 20.8. The van der Waals surface area contributed by atoms with E-state index in [1.807, 2.05) is 30.3 Å². The normalized spacial score (nSPS) is 27.2. The second-order valence-corrected chi connectivity index (χ2v) is 7.25. The number of ether oxygens (including phenoxy) is 4. The molecule has 0 spiro atoms. The van der Waals surface area contributed by atoms with Gasteiger partial charge in [-0.15, -0.1) is 0 Å². The number of carbonyl (C=O) groups is 1. The number of nitrogens with two attached hydrogens (primary N) is 1. The van der Waals surface area contributed by atoms with Gasteiger partial charge in [-0.1, -0.05) is 30.3 Å². The summed E-state index contributed by atoms with van der Waals surface area (Å²) in [6.45, 7) is 1.71. The number of carbonyl (C=O) groups excluding carboxylic acids is 1. The van der Waals surface area contributed by atoms with Gasteiger partial charge in [0.1, 0.15) is 24.6 Å². The van der Waals surface area contributed by atoms with Gasteiger partial charge in [-0.25, -0.2) is 15.0 Å². The number of benzene rings is 1. The van der Waals surface area contributed by atoms with Gasteiger partial charge in [0, 0.05) is 14.0 Å². The summed E-state index contributed by atoms with van der Waals surface area (Å²) in [5.74, 6) is 0.272. The summed E-state index contributed by atoms with van der Waals surface area (Å²) >= 11 is 0. The number of nitrogen functional groups attached to an aromatic ring is 1. The van der Waals surface area contributed by atoms with E-state index >= 15 is 0 Å². The van der Waals surface area contributed by atoms with Gasteiger partial charge in [-0.05, 0) is 5.56 Å². The third-order valence-electron chi connectivity index (χ3n) is 5.42. The van der Waals surface area contributed by atoms with Crippen LogP contribution in [0.1, 0.15) is 30.6 Å². The van der Waals surface area contributed by atoms with Crippen LogP contribution >= 0.6 is 0 Å². The lowest BCUT2D eigenvalue weighted by Crippen LogP contribution is -2.38. The third-order valence-corrected chi connectivity index (χ3v) is 5.42. The van der Waals surface area contributed by atoms with Gasteiger partial charge in [-0.3, -0.25) is 9.36 Å². The summed E-state index contributed by atoms with van der Waals surface area (Å²) in [5.41, 5.74) is 7.94. The highest BCUT2D eigenvalue weighted by Crippen LogP contribution is 2.47. The van der Waals surface area contributed by atoms with Crippen LogP contribution in [-0.2, 0) is 30.3 Å². The quantitative estimate of drug-likeness (QED) is 0.622. The highest BCUT2D eigenvalue weighted by atomic mass is 16.6. The van der Waals surface area contributed by atoms with Gasteiger partial charge in [0.15, 0.2) is 35.1 Å². The molecule has 0 aliphatic carbocycles. The Kier molecular flexibility index (Phi) is 4.61. The minimum Gasteiger partial charge on any atom is -0.451 e. The van der Waals surface area contributed by atoms with Crippen molar-refractivity contribution in [1.29, 1.82) is 0 Å². The Morgan fingerprint density at radius 3 is 2.77 bits per heavy atom. The molecule has 2 aromatic heterocycles. The molecule has 2 aliphatic rings. The number of fused-ring (bicyclic) bond motifs is 6. The molecule has 2 N–H and O–H groups in total. The van der Waals surface area contributed by atoms with Crippen molar-refractivity contribution in [3.8, 4) is 0 Å².